The van der Waals surface area contributed by atoms with Gasteiger partial charge in [-0.25, -0.2) is 4.98 Å². The second-order valence-corrected chi connectivity index (χ2v) is 5.92. The highest BCUT2D eigenvalue weighted by molar-refractivity contribution is 5.53. The Hall–Kier alpha value is -1.58. The standard InChI is InChI=1S/C16H23N3O/c20-12-19-11-5-9-15(19)14-8-4-10-17-16(14)18-13-6-2-1-3-7-13/h4,8,10,12-13,15H,1-3,5-7,9,11H2,(H,17,18). The fraction of sp³-hybridized carbons (Fsp3) is 0.625. The highest BCUT2D eigenvalue weighted by atomic mass is 16.1. The maximum atomic E-state index is 11.2. The molecule has 4 nitrogen and oxygen atoms in total. The third-order valence-corrected chi connectivity index (χ3v) is 4.57. The molecule has 2 fully saturated rings. The molecule has 1 aromatic heterocycles. The monoisotopic (exact) mass is 273 g/mol. The van der Waals surface area contributed by atoms with Gasteiger partial charge in [0.05, 0.1) is 6.04 Å². The predicted octanol–water partition coefficient (Wildman–Crippen LogP) is 3.12. The lowest BCUT2D eigenvalue weighted by atomic mass is 9.95. The average Bonchev–Trinajstić information content (AvgIpc) is 2.97. The third-order valence-electron chi connectivity index (χ3n) is 4.57. The van der Waals surface area contributed by atoms with Gasteiger partial charge in [0.1, 0.15) is 5.82 Å². The van der Waals surface area contributed by atoms with Gasteiger partial charge in [0.2, 0.25) is 6.41 Å². The molecule has 1 aliphatic heterocycles. The molecule has 2 heterocycles. The first-order chi connectivity index (χ1) is 9.88. The molecule has 0 radical (unpaired) electrons. The summed E-state index contributed by atoms with van der Waals surface area (Å²) in [6.45, 7) is 0.867. The van der Waals surface area contributed by atoms with Gasteiger partial charge >= 0.3 is 0 Å². The van der Waals surface area contributed by atoms with E-state index in [0.29, 0.717) is 6.04 Å². The van der Waals surface area contributed by atoms with Crippen LogP contribution < -0.4 is 5.32 Å². The van der Waals surface area contributed by atoms with Crippen LogP contribution in [-0.4, -0.2) is 28.9 Å². The lowest BCUT2D eigenvalue weighted by Crippen LogP contribution is -2.26. The first-order valence-corrected chi connectivity index (χ1v) is 7.81. The number of carbonyl (C=O) groups is 1. The molecule has 1 unspecified atom stereocenters. The van der Waals surface area contributed by atoms with Crippen molar-refractivity contribution in [1.82, 2.24) is 9.88 Å². The van der Waals surface area contributed by atoms with E-state index in [1.165, 1.54) is 37.7 Å². The number of nitrogens with zero attached hydrogens (tertiary/aromatic N) is 2. The van der Waals surface area contributed by atoms with E-state index in [1.54, 1.807) is 0 Å². The van der Waals surface area contributed by atoms with Crippen LogP contribution in [0.1, 0.15) is 56.6 Å². The van der Waals surface area contributed by atoms with E-state index >= 15 is 0 Å². The van der Waals surface area contributed by atoms with Crippen LogP contribution in [-0.2, 0) is 4.79 Å². The fourth-order valence-electron chi connectivity index (χ4n) is 3.50. The molecule has 1 aromatic rings. The Balaban J connectivity index is 1.78. The Labute approximate surface area is 120 Å². The number of anilines is 1. The minimum Gasteiger partial charge on any atom is -0.367 e. The summed E-state index contributed by atoms with van der Waals surface area (Å²) in [5, 5.41) is 3.62. The van der Waals surface area contributed by atoms with E-state index in [1.807, 2.05) is 17.2 Å². The lowest BCUT2D eigenvalue weighted by Gasteiger charge is -2.27. The molecule has 0 spiro atoms. The van der Waals surface area contributed by atoms with Gasteiger partial charge in [0.25, 0.3) is 0 Å². The van der Waals surface area contributed by atoms with E-state index in [2.05, 4.69) is 16.4 Å². The Kier molecular flexibility index (Phi) is 4.19. The van der Waals surface area contributed by atoms with E-state index in [-0.39, 0.29) is 6.04 Å². The molecule has 4 heteroatoms. The highest BCUT2D eigenvalue weighted by Gasteiger charge is 2.27. The first-order valence-electron chi connectivity index (χ1n) is 7.81. The van der Waals surface area contributed by atoms with Crippen LogP contribution in [0.4, 0.5) is 5.82 Å². The largest absolute Gasteiger partial charge is 0.367 e. The van der Waals surface area contributed by atoms with Gasteiger partial charge in [0, 0.05) is 24.3 Å². The van der Waals surface area contributed by atoms with Crippen LogP contribution in [0.5, 0.6) is 0 Å². The van der Waals surface area contributed by atoms with Gasteiger partial charge in [-0.05, 0) is 31.7 Å². The fourth-order valence-corrected chi connectivity index (χ4v) is 3.50. The normalized spacial score (nSPS) is 23.8. The summed E-state index contributed by atoms with van der Waals surface area (Å²) < 4.78 is 0. The van der Waals surface area contributed by atoms with Gasteiger partial charge < -0.3 is 10.2 Å². The Bertz CT molecular complexity index is 457. The van der Waals surface area contributed by atoms with Gasteiger partial charge in [0.15, 0.2) is 0 Å². The highest BCUT2D eigenvalue weighted by Crippen LogP contribution is 2.34. The van der Waals surface area contributed by atoms with Crippen LogP contribution in [0.15, 0.2) is 18.3 Å². The van der Waals surface area contributed by atoms with E-state index in [0.717, 1.165) is 31.6 Å². The summed E-state index contributed by atoms with van der Waals surface area (Å²) in [6, 6.07) is 4.84. The minimum atomic E-state index is 0.201. The van der Waals surface area contributed by atoms with E-state index in [4.69, 9.17) is 0 Å². The van der Waals surface area contributed by atoms with Crippen LogP contribution in [0.3, 0.4) is 0 Å². The molecule has 0 bridgehead atoms. The Morgan fingerprint density at radius 2 is 2.05 bits per heavy atom. The topological polar surface area (TPSA) is 45.2 Å². The predicted molar refractivity (Wildman–Crippen MR) is 79.5 cm³/mol. The van der Waals surface area contributed by atoms with E-state index in [9.17, 15) is 4.79 Å². The molecule has 0 aromatic carbocycles. The summed E-state index contributed by atoms with van der Waals surface area (Å²) in [5.41, 5.74) is 1.18. The second kappa shape index (κ2) is 6.25. The smallest absolute Gasteiger partial charge is 0.210 e. The summed E-state index contributed by atoms with van der Waals surface area (Å²) in [4.78, 5) is 17.6. The molecule has 1 atom stereocenters. The number of hydrogen-bond acceptors (Lipinski definition) is 3. The van der Waals surface area contributed by atoms with Crippen molar-refractivity contribution in [3.8, 4) is 0 Å². The van der Waals surface area contributed by atoms with Crippen LogP contribution in [0.2, 0.25) is 0 Å². The SMILES string of the molecule is O=CN1CCCC1c1cccnc1NC1CCCCC1. The number of likely N-dealkylation sites (tertiary alicyclic amines) is 1. The number of pyridine rings is 1. The molecule has 1 saturated heterocycles. The summed E-state index contributed by atoms with van der Waals surface area (Å²) >= 11 is 0. The summed E-state index contributed by atoms with van der Waals surface area (Å²) in [5.74, 6) is 0.984. The Morgan fingerprint density at radius 3 is 2.85 bits per heavy atom. The number of aromatic nitrogens is 1. The van der Waals surface area contributed by atoms with Gasteiger partial charge in [-0.15, -0.1) is 0 Å². The maximum absolute atomic E-state index is 11.2. The van der Waals surface area contributed by atoms with Crippen LogP contribution in [0, 0.1) is 0 Å². The zero-order valence-corrected chi connectivity index (χ0v) is 11.9. The van der Waals surface area contributed by atoms with Crippen molar-refractivity contribution in [3.05, 3.63) is 23.9 Å². The van der Waals surface area contributed by atoms with E-state index < -0.39 is 0 Å². The third kappa shape index (κ3) is 2.79. The second-order valence-electron chi connectivity index (χ2n) is 5.92. The van der Waals surface area contributed by atoms with Gasteiger partial charge in [-0.2, -0.15) is 0 Å². The zero-order chi connectivity index (χ0) is 13.8. The number of hydrogen-bond donors (Lipinski definition) is 1. The average molecular weight is 273 g/mol. The Morgan fingerprint density at radius 1 is 1.20 bits per heavy atom. The number of nitrogens with one attached hydrogen (secondary N) is 1. The molecular formula is C16H23N3O. The summed E-state index contributed by atoms with van der Waals surface area (Å²) in [6.07, 6.45) is 11.4. The molecule has 1 aliphatic carbocycles. The molecule has 3 rings (SSSR count). The summed E-state index contributed by atoms with van der Waals surface area (Å²) in [7, 11) is 0. The molecule has 20 heavy (non-hydrogen) atoms. The number of amides is 1. The molecule has 2 aliphatic rings. The zero-order valence-electron chi connectivity index (χ0n) is 11.9. The quantitative estimate of drug-likeness (QED) is 0.857. The number of rotatable bonds is 4. The molecule has 1 amide bonds. The molecular weight excluding hydrogens is 250 g/mol. The molecule has 1 N–H and O–H groups in total. The van der Waals surface area contributed by atoms with Crippen molar-refractivity contribution in [2.75, 3.05) is 11.9 Å². The maximum Gasteiger partial charge on any atom is 0.210 e. The van der Waals surface area contributed by atoms with Crippen LogP contribution >= 0.6 is 0 Å². The number of carbonyl (C=O) groups excluding carboxylic acids is 1. The minimum absolute atomic E-state index is 0.201. The lowest BCUT2D eigenvalue weighted by molar-refractivity contribution is -0.118. The van der Waals surface area contributed by atoms with Gasteiger partial charge in [-0.1, -0.05) is 25.3 Å². The van der Waals surface area contributed by atoms with Gasteiger partial charge in [-0.3, -0.25) is 4.79 Å². The van der Waals surface area contributed by atoms with Crippen molar-refractivity contribution >= 4 is 12.2 Å². The van der Waals surface area contributed by atoms with Crippen molar-refractivity contribution in [3.63, 3.8) is 0 Å². The van der Waals surface area contributed by atoms with Crippen molar-refractivity contribution < 1.29 is 4.79 Å². The van der Waals surface area contributed by atoms with Crippen LogP contribution in [0.25, 0.3) is 0 Å². The first kappa shape index (κ1) is 13.4. The van der Waals surface area contributed by atoms with Crippen molar-refractivity contribution in [1.29, 1.82) is 0 Å². The van der Waals surface area contributed by atoms with Crippen molar-refractivity contribution in [2.24, 2.45) is 0 Å². The molecule has 1 saturated carbocycles. The van der Waals surface area contributed by atoms with Crippen molar-refractivity contribution in [2.45, 2.75) is 57.0 Å². The molecule has 108 valence electrons.